The highest BCUT2D eigenvalue weighted by Crippen LogP contribution is 1.95. The molecule has 0 saturated carbocycles. The topological polar surface area (TPSA) is 37.0 Å². The Kier molecular flexibility index (Phi) is 6.77. The van der Waals surface area contributed by atoms with E-state index < -0.39 is 0 Å². The molecule has 3 nitrogen and oxygen atoms in total. The Labute approximate surface area is 98.7 Å². The maximum atomic E-state index is 4.30. The Morgan fingerprint density at radius 1 is 1.38 bits per heavy atom. The zero-order valence-corrected chi connectivity index (χ0v) is 10.4. The predicted octanol–water partition coefficient (Wildman–Crippen LogP) is 1.60. The third-order valence-electron chi connectivity index (χ3n) is 2.72. The SMILES string of the molecule is CCC[C@@H](CNCCc1ccccn1)NC. The standard InChI is InChI=1S/C13H23N3/c1-3-6-13(14-2)11-15-10-8-12-7-4-5-9-16-12/h4-5,7,9,13-15H,3,6,8,10-11H2,1-2H3/t13-/m0/s1. The highest BCUT2D eigenvalue weighted by molar-refractivity contribution is 5.03. The van der Waals surface area contributed by atoms with Crippen molar-refractivity contribution in [2.24, 2.45) is 0 Å². The number of nitrogens with zero attached hydrogens (tertiary/aromatic N) is 1. The summed E-state index contributed by atoms with van der Waals surface area (Å²) in [4.78, 5) is 4.30. The van der Waals surface area contributed by atoms with Crippen molar-refractivity contribution in [3.05, 3.63) is 30.1 Å². The van der Waals surface area contributed by atoms with Gasteiger partial charge in [-0.3, -0.25) is 4.98 Å². The monoisotopic (exact) mass is 221 g/mol. The van der Waals surface area contributed by atoms with E-state index in [4.69, 9.17) is 0 Å². The van der Waals surface area contributed by atoms with Crippen molar-refractivity contribution in [3.63, 3.8) is 0 Å². The first kappa shape index (κ1) is 13.1. The molecule has 0 aliphatic heterocycles. The molecule has 0 saturated heterocycles. The largest absolute Gasteiger partial charge is 0.316 e. The van der Waals surface area contributed by atoms with Gasteiger partial charge in [0.15, 0.2) is 0 Å². The molecule has 0 aliphatic carbocycles. The third kappa shape index (κ3) is 5.24. The minimum absolute atomic E-state index is 0.591. The molecule has 0 aromatic carbocycles. The van der Waals surface area contributed by atoms with Crippen LogP contribution in [0.3, 0.4) is 0 Å². The first-order valence-corrected chi connectivity index (χ1v) is 6.14. The lowest BCUT2D eigenvalue weighted by Crippen LogP contribution is -2.37. The first-order valence-electron chi connectivity index (χ1n) is 6.14. The molecule has 0 unspecified atom stereocenters. The summed E-state index contributed by atoms with van der Waals surface area (Å²) in [6, 6.07) is 6.66. The molecule has 1 aromatic rings. The van der Waals surface area contributed by atoms with Gasteiger partial charge >= 0.3 is 0 Å². The molecule has 2 N–H and O–H groups in total. The predicted molar refractivity (Wildman–Crippen MR) is 68.6 cm³/mol. The van der Waals surface area contributed by atoms with Gasteiger partial charge in [-0.05, 0) is 25.6 Å². The van der Waals surface area contributed by atoms with Crippen LogP contribution in [0.15, 0.2) is 24.4 Å². The van der Waals surface area contributed by atoms with Gasteiger partial charge in [0.1, 0.15) is 0 Å². The smallest absolute Gasteiger partial charge is 0.0416 e. The molecule has 0 fully saturated rings. The summed E-state index contributed by atoms with van der Waals surface area (Å²) in [5.74, 6) is 0. The fourth-order valence-corrected chi connectivity index (χ4v) is 1.74. The van der Waals surface area contributed by atoms with Gasteiger partial charge in [0.2, 0.25) is 0 Å². The number of pyridine rings is 1. The van der Waals surface area contributed by atoms with Gasteiger partial charge < -0.3 is 10.6 Å². The van der Waals surface area contributed by atoms with Crippen molar-refractivity contribution in [2.75, 3.05) is 20.1 Å². The van der Waals surface area contributed by atoms with E-state index in [-0.39, 0.29) is 0 Å². The fraction of sp³-hybridized carbons (Fsp3) is 0.615. The van der Waals surface area contributed by atoms with Crippen LogP contribution >= 0.6 is 0 Å². The molecule has 1 atom stereocenters. The van der Waals surface area contributed by atoms with E-state index >= 15 is 0 Å². The Morgan fingerprint density at radius 2 is 2.25 bits per heavy atom. The van der Waals surface area contributed by atoms with E-state index in [1.54, 1.807) is 0 Å². The normalized spacial score (nSPS) is 12.6. The van der Waals surface area contributed by atoms with Gasteiger partial charge in [-0.2, -0.15) is 0 Å². The average Bonchev–Trinajstić information content (AvgIpc) is 2.34. The summed E-state index contributed by atoms with van der Waals surface area (Å²) in [7, 11) is 2.03. The number of aromatic nitrogens is 1. The number of nitrogens with one attached hydrogen (secondary N) is 2. The van der Waals surface area contributed by atoms with Crippen LogP contribution in [0.2, 0.25) is 0 Å². The van der Waals surface area contributed by atoms with Crippen LogP contribution in [0.5, 0.6) is 0 Å². The summed E-state index contributed by atoms with van der Waals surface area (Å²) in [5.41, 5.74) is 1.16. The second-order valence-electron chi connectivity index (χ2n) is 4.05. The molecule has 1 rings (SSSR count). The van der Waals surface area contributed by atoms with E-state index in [9.17, 15) is 0 Å². The van der Waals surface area contributed by atoms with Crippen LogP contribution in [-0.2, 0) is 6.42 Å². The summed E-state index contributed by atoms with van der Waals surface area (Å²) in [6.45, 7) is 4.26. The second-order valence-corrected chi connectivity index (χ2v) is 4.05. The second kappa shape index (κ2) is 8.25. The van der Waals surface area contributed by atoms with Gasteiger partial charge in [-0.15, -0.1) is 0 Å². The van der Waals surface area contributed by atoms with Gasteiger partial charge in [0.25, 0.3) is 0 Å². The van der Waals surface area contributed by atoms with Crippen LogP contribution in [0, 0.1) is 0 Å². The molecule has 90 valence electrons. The summed E-state index contributed by atoms with van der Waals surface area (Å²) in [5, 5.41) is 6.79. The molecule has 0 aliphatic rings. The van der Waals surface area contributed by atoms with E-state index in [0.717, 1.165) is 25.2 Å². The maximum Gasteiger partial charge on any atom is 0.0416 e. The molecule has 0 spiro atoms. The van der Waals surface area contributed by atoms with E-state index in [1.165, 1.54) is 12.8 Å². The van der Waals surface area contributed by atoms with Gasteiger partial charge in [-0.1, -0.05) is 19.4 Å². The number of likely N-dealkylation sites (N-methyl/N-ethyl adjacent to an activating group) is 1. The quantitative estimate of drug-likeness (QED) is 0.655. The van der Waals surface area contributed by atoms with Crippen LogP contribution in [0.4, 0.5) is 0 Å². The summed E-state index contributed by atoms with van der Waals surface area (Å²) in [6.07, 6.45) is 5.31. The van der Waals surface area contributed by atoms with Crippen molar-refractivity contribution in [1.82, 2.24) is 15.6 Å². The molecule has 0 radical (unpaired) electrons. The third-order valence-corrected chi connectivity index (χ3v) is 2.72. The van der Waals surface area contributed by atoms with Crippen molar-refractivity contribution >= 4 is 0 Å². The van der Waals surface area contributed by atoms with E-state index in [2.05, 4.69) is 28.6 Å². The lowest BCUT2D eigenvalue weighted by Gasteiger charge is -2.15. The van der Waals surface area contributed by atoms with Crippen LogP contribution in [0.1, 0.15) is 25.5 Å². The highest BCUT2D eigenvalue weighted by atomic mass is 15.0. The van der Waals surface area contributed by atoms with Crippen LogP contribution < -0.4 is 10.6 Å². The molecule has 1 aromatic heterocycles. The summed E-state index contributed by atoms with van der Waals surface area (Å²) < 4.78 is 0. The lowest BCUT2D eigenvalue weighted by atomic mass is 10.1. The van der Waals surface area contributed by atoms with Crippen molar-refractivity contribution in [2.45, 2.75) is 32.2 Å². The van der Waals surface area contributed by atoms with Crippen LogP contribution in [-0.4, -0.2) is 31.2 Å². The van der Waals surface area contributed by atoms with Crippen molar-refractivity contribution in [1.29, 1.82) is 0 Å². The van der Waals surface area contributed by atoms with Gasteiger partial charge in [0.05, 0.1) is 0 Å². The molecule has 1 heterocycles. The Bertz CT molecular complexity index is 261. The number of hydrogen-bond donors (Lipinski definition) is 2. The summed E-state index contributed by atoms with van der Waals surface area (Å²) >= 11 is 0. The van der Waals surface area contributed by atoms with Crippen LogP contribution in [0.25, 0.3) is 0 Å². The number of rotatable bonds is 8. The molecule has 0 amide bonds. The number of hydrogen-bond acceptors (Lipinski definition) is 3. The first-order chi connectivity index (χ1) is 7.86. The van der Waals surface area contributed by atoms with E-state index in [1.807, 2.05) is 25.4 Å². The molecule has 0 bridgehead atoms. The Hall–Kier alpha value is -0.930. The zero-order valence-electron chi connectivity index (χ0n) is 10.4. The van der Waals surface area contributed by atoms with Gasteiger partial charge in [0, 0.05) is 37.4 Å². The zero-order chi connectivity index (χ0) is 11.6. The molecular weight excluding hydrogens is 198 g/mol. The van der Waals surface area contributed by atoms with E-state index in [0.29, 0.717) is 6.04 Å². The van der Waals surface area contributed by atoms with Crippen molar-refractivity contribution in [3.8, 4) is 0 Å². The molecule has 3 heteroatoms. The lowest BCUT2D eigenvalue weighted by molar-refractivity contribution is 0.476. The molecular formula is C13H23N3. The maximum absolute atomic E-state index is 4.30. The fourth-order valence-electron chi connectivity index (χ4n) is 1.74. The minimum Gasteiger partial charge on any atom is -0.316 e. The minimum atomic E-state index is 0.591. The highest BCUT2D eigenvalue weighted by Gasteiger charge is 2.03. The Morgan fingerprint density at radius 3 is 2.88 bits per heavy atom. The van der Waals surface area contributed by atoms with Gasteiger partial charge in [-0.25, -0.2) is 0 Å². The molecule has 16 heavy (non-hydrogen) atoms. The Balaban J connectivity index is 2.11. The average molecular weight is 221 g/mol. The van der Waals surface area contributed by atoms with Crippen molar-refractivity contribution < 1.29 is 0 Å².